The lowest BCUT2D eigenvalue weighted by atomic mass is 9.92. The number of hydrogen-bond donors (Lipinski definition) is 6. The van der Waals surface area contributed by atoms with Gasteiger partial charge in [-0.2, -0.15) is 0 Å². The number of nitrogens with one attached hydrogen (secondary N) is 1. The molecule has 36 heavy (non-hydrogen) atoms. The maximum atomic E-state index is 12.1. The van der Waals surface area contributed by atoms with E-state index < -0.39 is 88.6 Å². The predicted molar refractivity (Wildman–Crippen MR) is 109 cm³/mol. The number of phosphoric acid groups is 2. The third kappa shape index (κ3) is 6.56. The molecular weight excluding hydrogens is 536 g/mol. The highest BCUT2D eigenvalue weighted by molar-refractivity contribution is 7.59. The van der Waals surface area contributed by atoms with Crippen molar-refractivity contribution in [2.45, 2.75) is 56.1 Å². The molecule has 0 radical (unpaired) electrons. The Morgan fingerprint density at radius 2 is 1.69 bits per heavy atom. The Kier molecular flexibility index (Phi) is 9.08. The number of nitrogens with two attached hydrogens (primary N) is 1. The zero-order valence-corrected chi connectivity index (χ0v) is 20.3. The first-order chi connectivity index (χ1) is 16.7. The minimum atomic E-state index is -5.70. The second-order valence-corrected chi connectivity index (χ2v) is 11.0. The van der Waals surface area contributed by atoms with Crippen LogP contribution in [0.3, 0.4) is 0 Å². The average Bonchev–Trinajstić information content (AvgIpc) is 3.06. The number of aromatic amines is 1. The van der Waals surface area contributed by atoms with Crippen LogP contribution in [0.15, 0.2) is 21.9 Å². The lowest BCUT2D eigenvalue weighted by molar-refractivity contribution is -0.287. The van der Waals surface area contributed by atoms with Crippen LogP contribution < -0.4 is 26.8 Å². The average molecular weight is 561 g/mol. The summed E-state index contributed by atoms with van der Waals surface area (Å²) >= 11 is 0. The first-order valence-corrected chi connectivity index (χ1v) is 13.3. The molecule has 7 N–H and O–H groups in total. The number of aliphatic hydroxyl groups excluding tert-OH is 4. The van der Waals surface area contributed by atoms with Crippen molar-refractivity contribution in [3.05, 3.63) is 33.1 Å². The van der Waals surface area contributed by atoms with Crippen LogP contribution in [0.4, 0.5) is 0 Å². The summed E-state index contributed by atoms with van der Waals surface area (Å²) in [5.74, 6) is -1.14. The number of nitrogens with zero attached hydrogens (tertiary/aromatic N) is 1. The maximum Gasteiger partial charge on any atom is 0.330 e. The normalized spacial score (nSPS) is 38.4. The molecule has 18 nitrogen and oxygen atoms in total. The molecular formula is C16H25N3O15P2-2. The van der Waals surface area contributed by atoms with Crippen LogP contribution in [0, 0.1) is 5.92 Å². The highest BCUT2D eigenvalue weighted by Crippen LogP contribution is 2.57. The molecule has 20 heteroatoms. The molecule has 0 saturated carbocycles. The summed E-state index contributed by atoms with van der Waals surface area (Å²) in [5.41, 5.74) is 3.65. The smallest absolute Gasteiger partial charge is 0.330 e. The van der Waals surface area contributed by atoms with Crippen molar-refractivity contribution in [2.75, 3.05) is 13.2 Å². The fourth-order valence-corrected chi connectivity index (χ4v) is 5.71. The SMILES string of the molecule is CC1[C@H](OP(=O)([O-])OP(=O)([O-])OC[C@H]2O[C@@H](n3ccc(=O)[nH]c3=O)C(O)[C@H]2O)OC(CN)[C@H](O)[C@@H]1O. The van der Waals surface area contributed by atoms with Gasteiger partial charge in [-0.1, -0.05) is 6.92 Å². The van der Waals surface area contributed by atoms with Gasteiger partial charge in [-0.25, -0.2) is 9.11 Å². The molecule has 3 heterocycles. The molecule has 206 valence electrons. The molecule has 0 spiro atoms. The van der Waals surface area contributed by atoms with E-state index in [1.807, 2.05) is 4.98 Å². The van der Waals surface area contributed by atoms with Crippen LogP contribution >= 0.6 is 15.6 Å². The summed E-state index contributed by atoms with van der Waals surface area (Å²) in [4.78, 5) is 49.2. The Morgan fingerprint density at radius 1 is 1.06 bits per heavy atom. The zero-order chi connectivity index (χ0) is 27.0. The fraction of sp³-hybridized carbons (Fsp3) is 0.750. The highest BCUT2D eigenvalue weighted by atomic mass is 31.3. The van der Waals surface area contributed by atoms with Crippen molar-refractivity contribution in [3.8, 4) is 0 Å². The molecule has 0 aliphatic carbocycles. The van der Waals surface area contributed by atoms with Crippen LogP contribution in [-0.2, 0) is 32.0 Å². The fourth-order valence-electron chi connectivity index (χ4n) is 3.57. The quantitative estimate of drug-likeness (QED) is 0.154. The van der Waals surface area contributed by atoms with Gasteiger partial charge >= 0.3 is 5.69 Å². The predicted octanol–water partition coefficient (Wildman–Crippen LogP) is -4.82. The van der Waals surface area contributed by atoms with Crippen molar-refractivity contribution >= 4 is 15.6 Å². The maximum absolute atomic E-state index is 12.1. The summed E-state index contributed by atoms with van der Waals surface area (Å²) in [6.07, 6.45) is -11.6. The summed E-state index contributed by atoms with van der Waals surface area (Å²) in [6.45, 7) is -0.114. The van der Waals surface area contributed by atoms with E-state index in [1.54, 1.807) is 0 Å². The second kappa shape index (κ2) is 11.2. The number of hydrogen-bond acceptors (Lipinski definition) is 16. The Balaban J connectivity index is 1.61. The molecule has 2 aliphatic rings. The Bertz CT molecular complexity index is 1130. The summed E-state index contributed by atoms with van der Waals surface area (Å²) in [5, 5.41) is 40.1. The largest absolute Gasteiger partial charge is 0.756 e. The van der Waals surface area contributed by atoms with Crippen LogP contribution in [-0.4, -0.2) is 86.0 Å². The minimum absolute atomic E-state index is 0.320. The summed E-state index contributed by atoms with van der Waals surface area (Å²) in [7, 11) is -11.4. The van der Waals surface area contributed by atoms with Gasteiger partial charge in [0.15, 0.2) is 12.5 Å². The van der Waals surface area contributed by atoms with Gasteiger partial charge in [0.2, 0.25) is 0 Å². The molecule has 11 atom stereocenters. The topological polar surface area (TPSA) is 288 Å². The molecule has 3 rings (SSSR count). The van der Waals surface area contributed by atoms with Gasteiger partial charge in [-0.05, 0) is 0 Å². The van der Waals surface area contributed by atoms with Crippen LogP contribution in [0.2, 0.25) is 0 Å². The van der Waals surface area contributed by atoms with Gasteiger partial charge in [0, 0.05) is 24.7 Å². The van der Waals surface area contributed by atoms with E-state index in [0.29, 0.717) is 0 Å². The third-order valence-corrected chi connectivity index (χ3v) is 8.06. The van der Waals surface area contributed by atoms with E-state index in [2.05, 4.69) is 13.4 Å². The van der Waals surface area contributed by atoms with Crippen molar-refractivity contribution in [2.24, 2.45) is 11.7 Å². The van der Waals surface area contributed by atoms with Crippen molar-refractivity contribution in [1.29, 1.82) is 0 Å². The Hall–Kier alpha value is -1.34. The van der Waals surface area contributed by atoms with Gasteiger partial charge in [0.25, 0.3) is 21.2 Å². The minimum Gasteiger partial charge on any atom is -0.756 e. The van der Waals surface area contributed by atoms with Crippen LogP contribution in [0.25, 0.3) is 0 Å². The van der Waals surface area contributed by atoms with E-state index in [4.69, 9.17) is 15.2 Å². The lowest BCUT2D eigenvalue weighted by Gasteiger charge is -2.43. The molecule has 1 aromatic heterocycles. The monoisotopic (exact) mass is 561 g/mol. The third-order valence-electron chi connectivity index (χ3n) is 5.53. The molecule has 0 aromatic carbocycles. The number of phosphoric ester groups is 2. The van der Waals surface area contributed by atoms with E-state index in [9.17, 15) is 48.9 Å². The van der Waals surface area contributed by atoms with Crippen molar-refractivity contribution in [1.82, 2.24) is 9.55 Å². The van der Waals surface area contributed by atoms with E-state index in [0.717, 1.165) is 16.8 Å². The Labute approximate surface area is 202 Å². The first kappa shape index (κ1) is 29.2. The first-order valence-electron chi connectivity index (χ1n) is 10.4. The van der Waals surface area contributed by atoms with E-state index in [-0.39, 0.29) is 6.54 Å². The van der Waals surface area contributed by atoms with Gasteiger partial charge in [-0.15, -0.1) is 0 Å². The zero-order valence-electron chi connectivity index (χ0n) is 18.5. The molecule has 5 unspecified atom stereocenters. The molecule has 2 aliphatic heterocycles. The molecule has 2 fully saturated rings. The van der Waals surface area contributed by atoms with E-state index >= 15 is 0 Å². The number of ether oxygens (including phenoxy) is 2. The van der Waals surface area contributed by atoms with Crippen molar-refractivity contribution < 1.29 is 62.2 Å². The lowest BCUT2D eigenvalue weighted by Crippen LogP contribution is -2.56. The molecule has 2 saturated heterocycles. The highest BCUT2D eigenvalue weighted by Gasteiger charge is 2.46. The number of aliphatic hydroxyl groups is 4. The standard InChI is InChI=1S/C16H27N3O15P2/c1-6-10(21)11(22)7(4-17)32-15(6)33-36(28,29)34-35(26,27)30-5-8-12(23)13(24)14(31-8)19-3-2-9(20)18-16(19)25/h2-3,6-8,10-15,21-24H,4-5,17H2,1H3,(H,26,27)(H,28,29)(H,18,20,25)/p-2/t6?,7?,8-,10-,11+,12+,13?,14-,15+/m1/s1. The molecule has 0 bridgehead atoms. The van der Waals surface area contributed by atoms with Crippen LogP contribution in [0.1, 0.15) is 13.2 Å². The summed E-state index contributed by atoms with van der Waals surface area (Å²) < 4.78 is 48.3. The Morgan fingerprint density at radius 3 is 2.31 bits per heavy atom. The van der Waals surface area contributed by atoms with Gasteiger partial charge in [0.05, 0.1) is 12.7 Å². The van der Waals surface area contributed by atoms with Crippen LogP contribution in [0.5, 0.6) is 0 Å². The van der Waals surface area contributed by atoms with E-state index in [1.165, 1.54) is 6.92 Å². The second-order valence-electron chi connectivity index (χ2n) is 8.06. The number of H-pyrrole nitrogens is 1. The molecule has 0 amide bonds. The number of aromatic nitrogens is 2. The van der Waals surface area contributed by atoms with Crippen molar-refractivity contribution in [3.63, 3.8) is 0 Å². The molecule has 1 aromatic rings. The summed E-state index contributed by atoms with van der Waals surface area (Å²) in [6, 6.07) is 0.936. The van der Waals surface area contributed by atoms with Gasteiger partial charge < -0.3 is 49.9 Å². The number of rotatable bonds is 9. The van der Waals surface area contributed by atoms with Gasteiger partial charge in [-0.3, -0.25) is 28.0 Å². The van der Waals surface area contributed by atoms with Gasteiger partial charge in [0.1, 0.15) is 30.5 Å².